The number of methoxy groups -OCH3 is 1. The molecule has 9 heteroatoms. The number of rotatable bonds is 7. The number of amides is 1. The van der Waals surface area contributed by atoms with Crippen molar-refractivity contribution in [3.63, 3.8) is 0 Å². The van der Waals surface area contributed by atoms with E-state index >= 15 is 0 Å². The van der Waals surface area contributed by atoms with E-state index in [0.717, 1.165) is 25.9 Å². The van der Waals surface area contributed by atoms with Gasteiger partial charge in [0, 0.05) is 42.1 Å². The fourth-order valence-electron chi connectivity index (χ4n) is 3.26. The number of nitrogens with one attached hydrogen (secondary N) is 2. The molecule has 2 N–H and O–H groups in total. The fourth-order valence-corrected chi connectivity index (χ4v) is 4.05. The third-order valence-electron chi connectivity index (χ3n) is 4.78. The van der Waals surface area contributed by atoms with Gasteiger partial charge in [-0.2, -0.15) is 0 Å². The molecule has 2 heterocycles. The normalized spacial score (nSPS) is 16.0. The molecule has 1 aromatic heterocycles. The molecule has 0 aliphatic carbocycles. The number of benzene rings is 1. The molecule has 1 aliphatic heterocycles. The van der Waals surface area contributed by atoms with Crippen LogP contribution in [0.1, 0.15) is 23.3 Å². The highest BCUT2D eigenvalue weighted by atomic mass is 32.1. The van der Waals surface area contributed by atoms with Gasteiger partial charge < -0.3 is 15.4 Å². The van der Waals surface area contributed by atoms with E-state index in [9.17, 15) is 14.9 Å². The summed E-state index contributed by atoms with van der Waals surface area (Å²) in [4.78, 5) is 27.4. The van der Waals surface area contributed by atoms with Gasteiger partial charge in [0.1, 0.15) is 10.7 Å². The molecule has 1 fully saturated rings. The summed E-state index contributed by atoms with van der Waals surface area (Å²) in [6, 6.07) is 6.25. The fraction of sp³-hybridized carbons (Fsp3) is 0.444. The maximum atomic E-state index is 12.5. The van der Waals surface area contributed by atoms with E-state index in [4.69, 9.17) is 4.74 Å². The molecule has 1 aliphatic rings. The number of hydrogen-bond donors (Lipinski definition) is 2. The Balaban J connectivity index is 1.68. The lowest BCUT2D eigenvalue weighted by Gasteiger charge is -2.37. The lowest BCUT2D eigenvalue weighted by molar-refractivity contribution is -0.384. The van der Waals surface area contributed by atoms with Crippen molar-refractivity contribution in [2.24, 2.45) is 5.41 Å². The van der Waals surface area contributed by atoms with Gasteiger partial charge in [-0.05, 0) is 25.9 Å². The largest absolute Gasteiger partial charge is 0.384 e. The second-order valence-corrected chi connectivity index (χ2v) is 7.57. The first-order valence-corrected chi connectivity index (χ1v) is 9.59. The van der Waals surface area contributed by atoms with Crippen molar-refractivity contribution < 1.29 is 14.5 Å². The smallest absolute Gasteiger partial charge is 0.270 e. The zero-order valence-corrected chi connectivity index (χ0v) is 15.9. The number of ether oxygens (including phenoxy) is 1. The quantitative estimate of drug-likeness (QED) is 0.556. The Morgan fingerprint density at radius 2 is 2.22 bits per heavy atom. The molecule has 0 bridgehead atoms. The number of thiazole rings is 1. The van der Waals surface area contributed by atoms with Gasteiger partial charge in [-0.15, -0.1) is 11.3 Å². The average Bonchev–Trinajstić information content (AvgIpc) is 3.18. The van der Waals surface area contributed by atoms with Gasteiger partial charge in [-0.25, -0.2) is 4.98 Å². The van der Waals surface area contributed by atoms with Gasteiger partial charge in [0.25, 0.3) is 11.6 Å². The van der Waals surface area contributed by atoms with Gasteiger partial charge in [0.15, 0.2) is 0 Å². The minimum atomic E-state index is -0.445. The van der Waals surface area contributed by atoms with Crippen LogP contribution in [0, 0.1) is 15.5 Å². The van der Waals surface area contributed by atoms with E-state index in [-0.39, 0.29) is 17.0 Å². The molecule has 1 saturated heterocycles. The summed E-state index contributed by atoms with van der Waals surface area (Å²) < 4.78 is 5.37. The minimum Gasteiger partial charge on any atom is -0.384 e. The lowest BCUT2D eigenvalue weighted by atomic mass is 9.79. The van der Waals surface area contributed by atoms with Gasteiger partial charge in [0.2, 0.25) is 0 Å². The predicted octanol–water partition coefficient (Wildman–Crippen LogP) is 2.46. The Labute approximate surface area is 161 Å². The van der Waals surface area contributed by atoms with E-state index in [0.29, 0.717) is 29.4 Å². The molecule has 8 nitrogen and oxygen atoms in total. The van der Waals surface area contributed by atoms with Crippen LogP contribution < -0.4 is 10.6 Å². The molecule has 27 heavy (non-hydrogen) atoms. The highest BCUT2D eigenvalue weighted by Gasteiger charge is 2.32. The van der Waals surface area contributed by atoms with Crippen LogP contribution in [0.4, 0.5) is 5.69 Å². The second-order valence-electron chi connectivity index (χ2n) is 6.71. The molecular weight excluding hydrogens is 368 g/mol. The third kappa shape index (κ3) is 4.68. The minimum absolute atomic E-state index is 0.00103. The molecule has 1 aromatic carbocycles. The number of nitro benzene ring substituents is 1. The summed E-state index contributed by atoms with van der Waals surface area (Å²) in [5.41, 5.74) is 0.890. The Bertz CT molecular complexity index is 812. The first kappa shape index (κ1) is 19.4. The summed E-state index contributed by atoms with van der Waals surface area (Å²) >= 11 is 1.29. The number of nitrogens with zero attached hydrogens (tertiary/aromatic N) is 2. The Kier molecular flexibility index (Phi) is 6.15. The molecule has 0 saturated carbocycles. The van der Waals surface area contributed by atoms with Crippen LogP contribution in [0.2, 0.25) is 0 Å². The number of aromatic nitrogens is 1. The van der Waals surface area contributed by atoms with Crippen molar-refractivity contribution in [3.05, 3.63) is 45.5 Å². The van der Waals surface area contributed by atoms with Crippen LogP contribution in [0.15, 0.2) is 29.6 Å². The first-order chi connectivity index (χ1) is 13.0. The second kappa shape index (κ2) is 8.55. The molecule has 0 unspecified atom stereocenters. The number of non-ortho nitro benzene ring substituents is 1. The van der Waals surface area contributed by atoms with Crippen LogP contribution in [0.5, 0.6) is 0 Å². The molecule has 0 radical (unpaired) electrons. The Morgan fingerprint density at radius 3 is 2.93 bits per heavy atom. The van der Waals surface area contributed by atoms with Crippen LogP contribution >= 0.6 is 11.3 Å². The van der Waals surface area contributed by atoms with Crippen molar-refractivity contribution in [1.82, 2.24) is 15.6 Å². The van der Waals surface area contributed by atoms with Gasteiger partial charge in [0.05, 0.1) is 11.5 Å². The van der Waals surface area contributed by atoms with Crippen LogP contribution in [0.3, 0.4) is 0 Å². The van der Waals surface area contributed by atoms with Gasteiger partial charge in [-0.3, -0.25) is 14.9 Å². The molecular formula is C18H22N4O4S. The van der Waals surface area contributed by atoms with E-state index in [1.54, 1.807) is 24.6 Å². The van der Waals surface area contributed by atoms with E-state index in [1.807, 2.05) is 0 Å². The molecule has 0 spiro atoms. The van der Waals surface area contributed by atoms with Crippen LogP contribution in [-0.4, -0.2) is 49.2 Å². The molecule has 3 rings (SSSR count). The lowest BCUT2D eigenvalue weighted by Crippen LogP contribution is -2.47. The number of piperidine rings is 1. The molecule has 0 atom stereocenters. The highest BCUT2D eigenvalue weighted by molar-refractivity contribution is 7.13. The van der Waals surface area contributed by atoms with Gasteiger partial charge in [-0.1, -0.05) is 12.1 Å². The summed E-state index contributed by atoms with van der Waals surface area (Å²) in [6.07, 6.45) is 1.88. The van der Waals surface area contributed by atoms with Crippen molar-refractivity contribution >= 4 is 22.9 Å². The van der Waals surface area contributed by atoms with Crippen molar-refractivity contribution in [3.8, 4) is 10.6 Å². The first-order valence-electron chi connectivity index (χ1n) is 8.71. The van der Waals surface area contributed by atoms with Crippen molar-refractivity contribution in [2.45, 2.75) is 12.8 Å². The van der Waals surface area contributed by atoms with E-state index in [2.05, 4.69) is 15.6 Å². The van der Waals surface area contributed by atoms with Crippen LogP contribution in [0.25, 0.3) is 10.6 Å². The maximum absolute atomic E-state index is 12.5. The van der Waals surface area contributed by atoms with Crippen molar-refractivity contribution in [2.75, 3.05) is 33.4 Å². The summed E-state index contributed by atoms with van der Waals surface area (Å²) in [5, 5.41) is 19.5. The summed E-state index contributed by atoms with van der Waals surface area (Å²) in [7, 11) is 1.68. The van der Waals surface area contributed by atoms with Gasteiger partial charge >= 0.3 is 0 Å². The number of carbonyl (C=O) groups excluding carboxylic acids is 1. The molecule has 2 aromatic rings. The van der Waals surface area contributed by atoms with E-state index < -0.39 is 4.92 Å². The predicted molar refractivity (Wildman–Crippen MR) is 103 cm³/mol. The van der Waals surface area contributed by atoms with Crippen LogP contribution in [-0.2, 0) is 4.74 Å². The zero-order chi connectivity index (χ0) is 19.3. The monoisotopic (exact) mass is 390 g/mol. The van der Waals surface area contributed by atoms with E-state index in [1.165, 1.54) is 23.5 Å². The summed E-state index contributed by atoms with van der Waals surface area (Å²) in [6.45, 7) is 2.95. The topological polar surface area (TPSA) is 106 Å². The zero-order valence-electron chi connectivity index (χ0n) is 15.1. The standard InChI is InChI=1S/C18H22N4O4S/c1-26-12-18(5-7-19-8-6-18)11-20-16(23)15-10-27-17(21-15)13-3-2-4-14(9-13)22(24)25/h2-4,9-10,19H,5-8,11-12H2,1H3,(H,20,23). The SMILES string of the molecule is COCC1(CNC(=O)c2csc(-c3cccc([N+](=O)[O-])c3)n2)CCNCC1. The number of hydrogen-bond acceptors (Lipinski definition) is 7. The third-order valence-corrected chi connectivity index (χ3v) is 5.67. The molecule has 1 amide bonds. The Morgan fingerprint density at radius 1 is 1.44 bits per heavy atom. The highest BCUT2D eigenvalue weighted by Crippen LogP contribution is 2.29. The number of carbonyl (C=O) groups is 1. The average molecular weight is 390 g/mol. The Hall–Kier alpha value is -2.36. The maximum Gasteiger partial charge on any atom is 0.270 e. The van der Waals surface area contributed by atoms with Crippen molar-refractivity contribution in [1.29, 1.82) is 0 Å². The summed E-state index contributed by atoms with van der Waals surface area (Å²) in [5.74, 6) is -0.239. The number of nitro groups is 1. The molecule has 144 valence electrons.